The molecule has 2 aromatic carbocycles. The number of amides is 1. The van der Waals surface area contributed by atoms with Crippen molar-refractivity contribution < 1.29 is 28.2 Å². The largest absolute Gasteiger partial charge is 0.493 e. The molecular weight excluding hydrogens is 341 g/mol. The molecule has 0 fully saturated rings. The summed E-state index contributed by atoms with van der Waals surface area (Å²) in [6, 6.07) is 10.3. The smallest absolute Gasteiger partial charge is 0.339 e. The second kappa shape index (κ2) is 8.84. The van der Waals surface area contributed by atoms with Crippen molar-refractivity contribution in [1.82, 2.24) is 0 Å². The van der Waals surface area contributed by atoms with Crippen LogP contribution in [0.3, 0.4) is 0 Å². The van der Waals surface area contributed by atoms with Crippen molar-refractivity contribution in [3.05, 3.63) is 53.8 Å². The standard InChI is InChI=1S/C19H20FNO5/c1-4-25-17-11-13(9-10-16(17)24-3)19(23)26-12(2)18(22)21-15-8-6-5-7-14(15)20/h5-12H,4H2,1-3H3,(H,21,22)/t12-/m1/s1. The lowest BCUT2D eigenvalue weighted by Gasteiger charge is -2.15. The van der Waals surface area contributed by atoms with E-state index in [9.17, 15) is 14.0 Å². The summed E-state index contributed by atoms with van der Waals surface area (Å²) < 4.78 is 29.3. The maximum absolute atomic E-state index is 13.6. The predicted octanol–water partition coefficient (Wildman–Crippen LogP) is 3.42. The molecule has 7 heteroatoms. The summed E-state index contributed by atoms with van der Waals surface area (Å²) in [5.74, 6) is -1.04. The van der Waals surface area contributed by atoms with Gasteiger partial charge >= 0.3 is 5.97 Å². The lowest BCUT2D eigenvalue weighted by molar-refractivity contribution is -0.123. The van der Waals surface area contributed by atoms with Crippen molar-refractivity contribution in [1.29, 1.82) is 0 Å². The van der Waals surface area contributed by atoms with E-state index in [4.69, 9.17) is 14.2 Å². The summed E-state index contributed by atoms with van der Waals surface area (Å²) in [6.45, 7) is 3.61. The number of hydrogen-bond acceptors (Lipinski definition) is 5. The van der Waals surface area contributed by atoms with Crippen LogP contribution in [0.25, 0.3) is 0 Å². The minimum Gasteiger partial charge on any atom is -0.493 e. The number of benzene rings is 2. The van der Waals surface area contributed by atoms with E-state index in [1.807, 2.05) is 0 Å². The van der Waals surface area contributed by atoms with Gasteiger partial charge < -0.3 is 19.5 Å². The van der Waals surface area contributed by atoms with E-state index < -0.39 is 23.8 Å². The molecule has 0 saturated carbocycles. The highest BCUT2D eigenvalue weighted by atomic mass is 19.1. The Hall–Kier alpha value is -3.09. The number of carbonyl (C=O) groups excluding carboxylic acids is 2. The van der Waals surface area contributed by atoms with Gasteiger partial charge in [0.05, 0.1) is 25.0 Å². The molecule has 0 heterocycles. The Kier molecular flexibility index (Phi) is 6.54. The van der Waals surface area contributed by atoms with Crippen molar-refractivity contribution in [2.75, 3.05) is 19.0 Å². The second-order valence-corrected chi connectivity index (χ2v) is 5.32. The number of carbonyl (C=O) groups is 2. The molecule has 138 valence electrons. The fraction of sp³-hybridized carbons (Fsp3) is 0.263. The van der Waals surface area contributed by atoms with Crippen molar-refractivity contribution in [2.24, 2.45) is 0 Å². The van der Waals surface area contributed by atoms with Crippen LogP contribution in [0.2, 0.25) is 0 Å². The maximum atomic E-state index is 13.6. The quantitative estimate of drug-likeness (QED) is 0.765. The molecule has 6 nitrogen and oxygen atoms in total. The molecule has 2 rings (SSSR count). The van der Waals surface area contributed by atoms with Crippen LogP contribution in [0.1, 0.15) is 24.2 Å². The van der Waals surface area contributed by atoms with Gasteiger partial charge in [0.2, 0.25) is 0 Å². The summed E-state index contributed by atoms with van der Waals surface area (Å²) in [7, 11) is 1.49. The predicted molar refractivity (Wildman–Crippen MR) is 94.1 cm³/mol. The van der Waals surface area contributed by atoms with Crippen LogP contribution in [-0.2, 0) is 9.53 Å². The molecule has 1 atom stereocenters. The molecular formula is C19H20FNO5. The second-order valence-electron chi connectivity index (χ2n) is 5.32. The van der Waals surface area contributed by atoms with E-state index >= 15 is 0 Å². The van der Waals surface area contributed by atoms with Gasteiger partial charge in [-0.2, -0.15) is 0 Å². The molecule has 0 aliphatic heterocycles. The average Bonchev–Trinajstić information content (AvgIpc) is 2.63. The molecule has 0 aromatic heterocycles. The third kappa shape index (κ3) is 4.72. The minimum atomic E-state index is -1.11. The fourth-order valence-electron chi connectivity index (χ4n) is 2.15. The van der Waals surface area contributed by atoms with Crippen LogP contribution in [0.4, 0.5) is 10.1 Å². The zero-order valence-electron chi connectivity index (χ0n) is 14.7. The molecule has 2 aromatic rings. The number of rotatable bonds is 7. The lowest BCUT2D eigenvalue weighted by atomic mass is 10.2. The molecule has 0 unspecified atom stereocenters. The summed E-state index contributed by atoms with van der Waals surface area (Å²) >= 11 is 0. The molecule has 1 amide bonds. The van der Waals surface area contributed by atoms with Crippen LogP contribution in [0.15, 0.2) is 42.5 Å². The molecule has 26 heavy (non-hydrogen) atoms. The Morgan fingerprint density at radius 3 is 2.54 bits per heavy atom. The first-order chi connectivity index (χ1) is 12.5. The summed E-state index contributed by atoms with van der Waals surface area (Å²) in [5.41, 5.74) is 0.225. The first-order valence-electron chi connectivity index (χ1n) is 8.03. The molecule has 0 saturated heterocycles. The van der Waals surface area contributed by atoms with Gasteiger partial charge in [0, 0.05) is 0 Å². The molecule has 0 aliphatic carbocycles. The number of para-hydroxylation sites is 1. The van der Waals surface area contributed by atoms with Crippen LogP contribution < -0.4 is 14.8 Å². The van der Waals surface area contributed by atoms with Gasteiger partial charge in [-0.3, -0.25) is 4.79 Å². The Labute approximate surface area is 150 Å². The van der Waals surface area contributed by atoms with Crippen molar-refractivity contribution in [3.63, 3.8) is 0 Å². The summed E-state index contributed by atoms with van der Waals surface area (Å²) in [6.07, 6.45) is -1.11. The molecule has 0 aliphatic rings. The van der Waals surface area contributed by atoms with Gasteiger partial charge in [0.1, 0.15) is 5.82 Å². The van der Waals surface area contributed by atoms with E-state index in [1.54, 1.807) is 19.1 Å². The monoisotopic (exact) mass is 361 g/mol. The zero-order valence-corrected chi connectivity index (χ0v) is 14.7. The van der Waals surface area contributed by atoms with Gasteiger partial charge in [0.15, 0.2) is 17.6 Å². The Balaban J connectivity index is 2.05. The molecule has 0 spiro atoms. The third-order valence-electron chi connectivity index (χ3n) is 3.48. The average molecular weight is 361 g/mol. The fourth-order valence-corrected chi connectivity index (χ4v) is 2.15. The van der Waals surface area contributed by atoms with Crippen LogP contribution in [0, 0.1) is 5.82 Å². The molecule has 0 radical (unpaired) electrons. The summed E-state index contributed by atoms with van der Waals surface area (Å²) in [4.78, 5) is 24.4. The van der Waals surface area contributed by atoms with Crippen LogP contribution in [-0.4, -0.2) is 31.7 Å². The highest BCUT2D eigenvalue weighted by molar-refractivity contribution is 5.97. The number of anilines is 1. The maximum Gasteiger partial charge on any atom is 0.339 e. The Morgan fingerprint density at radius 2 is 1.88 bits per heavy atom. The number of hydrogen-bond donors (Lipinski definition) is 1. The Bertz CT molecular complexity index is 793. The van der Waals surface area contributed by atoms with Crippen molar-refractivity contribution in [3.8, 4) is 11.5 Å². The van der Waals surface area contributed by atoms with Gasteiger partial charge in [-0.25, -0.2) is 9.18 Å². The van der Waals surface area contributed by atoms with E-state index in [0.717, 1.165) is 0 Å². The third-order valence-corrected chi connectivity index (χ3v) is 3.48. The number of methoxy groups -OCH3 is 1. The SMILES string of the molecule is CCOc1cc(C(=O)O[C@H](C)C(=O)Nc2ccccc2F)ccc1OC. The zero-order chi connectivity index (χ0) is 19.1. The van der Waals surface area contributed by atoms with Crippen LogP contribution in [0.5, 0.6) is 11.5 Å². The van der Waals surface area contributed by atoms with E-state index in [2.05, 4.69) is 5.32 Å². The van der Waals surface area contributed by atoms with Gasteiger partial charge in [-0.15, -0.1) is 0 Å². The van der Waals surface area contributed by atoms with E-state index in [0.29, 0.717) is 18.1 Å². The highest BCUT2D eigenvalue weighted by Crippen LogP contribution is 2.28. The number of nitrogens with one attached hydrogen (secondary N) is 1. The van der Waals surface area contributed by atoms with Crippen molar-refractivity contribution in [2.45, 2.75) is 20.0 Å². The van der Waals surface area contributed by atoms with E-state index in [1.165, 1.54) is 44.4 Å². The minimum absolute atomic E-state index is 0.0171. The van der Waals surface area contributed by atoms with Gasteiger partial charge in [0.25, 0.3) is 5.91 Å². The first kappa shape index (κ1) is 19.2. The van der Waals surface area contributed by atoms with Gasteiger partial charge in [-0.05, 0) is 44.2 Å². The molecule has 1 N–H and O–H groups in total. The number of esters is 1. The Morgan fingerprint density at radius 1 is 1.15 bits per heavy atom. The lowest BCUT2D eigenvalue weighted by Crippen LogP contribution is -2.30. The van der Waals surface area contributed by atoms with E-state index in [-0.39, 0.29) is 11.3 Å². The highest BCUT2D eigenvalue weighted by Gasteiger charge is 2.21. The molecule has 0 bridgehead atoms. The van der Waals surface area contributed by atoms with Gasteiger partial charge in [-0.1, -0.05) is 12.1 Å². The van der Waals surface area contributed by atoms with Crippen molar-refractivity contribution >= 4 is 17.6 Å². The summed E-state index contributed by atoms with van der Waals surface area (Å²) in [5, 5.41) is 2.38. The number of ether oxygens (including phenoxy) is 3. The number of halogens is 1. The topological polar surface area (TPSA) is 73.9 Å². The first-order valence-corrected chi connectivity index (χ1v) is 8.03. The van der Waals surface area contributed by atoms with Crippen LogP contribution >= 0.6 is 0 Å². The normalized spacial score (nSPS) is 11.4.